The van der Waals surface area contributed by atoms with Gasteiger partial charge < -0.3 is 15.4 Å². The van der Waals surface area contributed by atoms with Crippen LogP contribution in [0.1, 0.15) is 16.8 Å². The van der Waals surface area contributed by atoms with Gasteiger partial charge in [-0.3, -0.25) is 4.99 Å². The Kier molecular flexibility index (Phi) is 10.8. The van der Waals surface area contributed by atoms with Gasteiger partial charge in [0.25, 0.3) is 0 Å². The lowest BCUT2D eigenvalue weighted by Gasteiger charge is -2.12. The van der Waals surface area contributed by atoms with Crippen LogP contribution in [-0.2, 0) is 6.42 Å². The Morgan fingerprint density at radius 2 is 2.20 bits per heavy atom. The molecular formula is C17H24ClIN4OS. The molecule has 0 unspecified atom stereocenters. The van der Waals surface area contributed by atoms with E-state index in [0.29, 0.717) is 24.7 Å². The molecule has 25 heavy (non-hydrogen) atoms. The van der Waals surface area contributed by atoms with Crippen molar-refractivity contribution in [2.45, 2.75) is 20.3 Å². The summed E-state index contributed by atoms with van der Waals surface area (Å²) in [4.78, 5) is 10.1. The van der Waals surface area contributed by atoms with Gasteiger partial charge in [-0.1, -0.05) is 17.7 Å². The first-order chi connectivity index (χ1) is 11.7. The number of aliphatic imine (C=N–C) groups is 1. The lowest BCUT2D eigenvalue weighted by Crippen LogP contribution is -2.39. The van der Waals surface area contributed by atoms with Crippen LogP contribution < -0.4 is 15.4 Å². The largest absolute Gasteiger partial charge is 0.492 e. The summed E-state index contributed by atoms with van der Waals surface area (Å²) in [5.74, 6) is 1.56. The van der Waals surface area contributed by atoms with E-state index in [-0.39, 0.29) is 24.0 Å². The van der Waals surface area contributed by atoms with Crippen LogP contribution in [0.15, 0.2) is 35.5 Å². The van der Waals surface area contributed by atoms with E-state index < -0.39 is 0 Å². The lowest BCUT2D eigenvalue weighted by atomic mass is 10.3. The minimum Gasteiger partial charge on any atom is -0.492 e. The fourth-order valence-corrected chi connectivity index (χ4v) is 2.97. The molecule has 8 heteroatoms. The van der Waals surface area contributed by atoms with Crippen LogP contribution in [-0.4, -0.2) is 37.2 Å². The average molecular weight is 495 g/mol. The predicted octanol–water partition coefficient (Wildman–Crippen LogP) is 3.90. The molecule has 0 radical (unpaired) electrons. The summed E-state index contributed by atoms with van der Waals surface area (Å²) < 4.78 is 5.65. The molecule has 0 saturated carbocycles. The Morgan fingerprint density at radius 3 is 2.88 bits per heavy atom. The monoisotopic (exact) mass is 494 g/mol. The van der Waals surface area contributed by atoms with Gasteiger partial charge in [0, 0.05) is 35.6 Å². The number of nitrogens with one attached hydrogen (secondary N) is 2. The molecule has 2 aromatic rings. The molecule has 1 aromatic heterocycles. The number of guanidine groups is 1. The first kappa shape index (κ1) is 22.0. The SMILES string of the molecule is CCNC(=NCCc1ncc(C)s1)NCCOc1cccc(Cl)c1.I. The molecule has 5 nitrogen and oxygen atoms in total. The molecule has 0 bridgehead atoms. The second-order valence-electron chi connectivity index (χ2n) is 5.11. The molecule has 1 heterocycles. The summed E-state index contributed by atoms with van der Waals surface area (Å²) in [5, 5.41) is 8.28. The van der Waals surface area contributed by atoms with E-state index in [2.05, 4.69) is 27.5 Å². The highest BCUT2D eigenvalue weighted by molar-refractivity contribution is 14.0. The number of rotatable bonds is 8. The number of thiazole rings is 1. The van der Waals surface area contributed by atoms with Crippen LogP contribution in [0.4, 0.5) is 0 Å². The maximum atomic E-state index is 5.93. The molecule has 0 aliphatic carbocycles. The predicted molar refractivity (Wildman–Crippen MR) is 117 cm³/mol. The van der Waals surface area contributed by atoms with Crippen molar-refractivity contribution < 1.29 is 4.74 Å². The van der Waals surface area contributed by atoms with E-state index in [0.717, 1.165) is 29.7 Å². The molecule has 0 atom stereocenters. The van der Waals surface area contributed by atoms with Crippen molar-refractivity contribution in [2.24, 2.45) is 4.99 Å². The third kappa shape index (κ3) is 8.73. The molecule has 1 aromatic carbocycles. The maximum Gasteiger partial charge on any atom is 0.191 e. The molecule has 2 N–H and O–H groups in total. The van der Waals surface area contributed by atoms with Crippen molar-refractivity contribution in [2.75, 3.05) is 26.2 Å². The highest BCUT2D eigenvalue weighted by atomic mass is 127. The molecule has 0 fully saturated rings. The van der Waals surface area contributed by atoms with Crippen molar-refractivity contribution in [3.05, 3.63) is 45.4 Å². The molecule has 0 aliphatic heterocycles. The van der Waals surface area contributed by atoms with Crippen molar-refractivity contribution >= 4 is 52.9 Å². The summed E-state index contributed by atoms with van der Waals surface area (Å²) in [5.41, 5.74) is 0. The van der Waals surface area contributed by atoms with Gasteiger partial charge in [0.2, 0.25) is 0 Å². The zero-order chi connectivity index (χ0) is 17.2. The fraction of sp³-hybridized carbons (Fsp3) is 0.412. The minimum absolute atomic E-state index is 0. The Balaban J connectivity index is 0.00000312. The molecule has 138 valence electrons. The number of ether oxygens (including phenoxy) is 1. The van der Waals surface area contributed by atoms with E-state index >= 15 is 0 Å². The van der Waals surface area contributed by atoms with Crippen LogP contribution in [0.5, 0.6) is 5.75 Å². The summed E-state index contributed by atoms with van der Waals surface area (Å²) in [7, 11) is 0. The molecule has 0 spiro atoms. The quantitative estimate of drug-likeness (QED) is 0.253. The van der Waals surface area contributed by atoms with Crippen molar-refractivity contribution in [3.8, 4) is 5.75 Å². The zero-order valence-corrected chi connectivity index (χ0v) is 18.3. The van der Waals surface area contributed by atoms with Gasteiger partial charge in [0.1, 0.15) is 12.4 Å². The first-order valence-electron chi connectivity index (χ1n) is 7.99. The van der Waals surface area contributed by atoms with Gasteiger partial charge in [-0.2, -0.15) is 0 Å². The second kappa shape index (κ2) is 12.3. The van der Waals surface area contributed by atoms with Crippen LogP contribution >= 0.6 is 46.9 Å². The lowest BCUT2D eigenvalue weighted by molar-refractivity contribution is 0.322. The van der Waals surface area contributed by atoms with E-state index in [9.17, 15) is 0 Å². The van der Waals surface area contributed by atoms with Crippen LogP contribution in [0.3, 0.4) is 0 Å². The number of aryl methyl sites for hydroxylation is 1. The third-order valence-corrected chi connectivity index (χ3v) is 4.28. The zero-order valence-electron chi connectivity index (χ0n) is 14.4. The first-order valence-corrected chi connectivity index (χ1v) is 9.18. The summed E-state index contributed by atoms with van der Waals surface area (Å²) in [6.45, 7) is 6.83. The highest BCUT2D eigenvalue weighted by Crippen LogP contribution is 2.16. The smallest absolute Gasteiger partial charge is 0.191 e. The van der Waals surface area contributed by atoms with Gasteiger partial charge in [0.05, 0.1) is 11.6 Å². The van der Waals surface area contributed by atoms with Crippen molar-refractivity contribution in [3.63, 3.8) is 0 Å². The highest BCUT2D eigenvalue weighted by Gasteiger charge is 2.00. The Labute approximate surface area is 175 Å². The van der Waals surface area contributed by atoms with Crippen LogP contribution in [0.2, 0.25) is 5.02 Å². The van der Waals surface area contributed by atoms with Crippen molar-refractivity contribution in [1.82, 2.24) is 15.6 Å². The Morgan fingerprint density at radius 1 is 1.36 bits per heavy atom. The molecule has 0 saturated heterocycles. The van der Waals surface area contributed by atoms with Gasteiger partial charge in [-0.05, 0) is 32.0 Å². The van der Waals surface area contributed by atoms with Gasteiger partial charge in [-0.25, -0.2) is 4.98 Å². The number of benzene rings is 1. The summed E-state index contributed by atoms with van der Waals surface area (Å²) in [6, 6.07) is 7.39. The Hall–Kier alpha value is -1.06. The molecule has 0 aliphatic rings. The van der Waals surface area contributed by atoms with E-state index in [4.69, 9.17) is 16.3 Å². The number of hydrogen-bond acceptors (Lipinski definition) is 4. The van der Waals surface area contributed by atoms with Gasteiger partial charge in [0.15, 0.2) is 5.96 Å². The van der Waals surface area contributed by atoms with E-state index in [1.807, 2.05) is 31.3 Å². The van der Waals surface area contributed by atoms with Crippen LogP contribution in [0.25, 0.3) is 0 Å². The standard InChI is InChI=1S/C17H23ClN4OS.HI/c1-3-19-17(20-8-7-16-22-12-13(2)24-16)21-9-10-23-15-6-4-5-14(18)11-15;/h4-6,11-12H,3,7-10H2,1-2H3,(H2,19,20,21);1H. The molecule has 2 rings (SSSR count). The summed E-state index contributed by atoms with van der Waals surface area (Å²) in [6.07, 6.45) is 2.76. The minimum atomic E-state index is 0. The fourth-order valence-electron chi connectivity index (χ4n) is 2.02. The van der Waals surface area contributed by atoms with Gasteiger partial charge >= 0.3 is 0 Å². The van der Waals surface area contributed by atoms with Crippen LogP contribution in [0, 0.1) is 6.92 Å². The number of nitrogens with zero attached hydrogens (tertiary/aromatic N) is 2. The third-order valence-electron chi connectivity index (χ3n) is 3.07. The maximum absolute atomic E-state index is 5.93. The normalized spacial score (nSPS) is 10.9. The topological polar surface area (TPSA) is 58.5 Å². The summed E-state index contributed by atoms with van der Waals surface area (Å²) >= 11 is 7.65. The van der Waals surface area contributed by atoms with Crippen molar-refractivity contribution in [1.29, 1.82) is 0 Å². The molecule has 0 amide bonds. The van der Waals surface area contributed by atoms with Gasteiger partial charge in [-0.15, -0.1) is 35.3 Å². The number of halogens is 2. The number of aromatic nitrogens is 1. The average Bonchev–Trinajstić information content (AvgIpc) is 2.97. The van der Waals surface area contributed by atoms with E-state index in [1.165, 1.54) is 4.88 Å². The number of hydrogen-bond donors (Lipinski definition) is 2. The van der Waals surface area contributed by atoms with E-state index in [1.54, 1.807) is 17.4 Å². The Bertz CT molecular complexity index is 666. The molecular weight excluding hydrogens is 471 g/mol. The second-order valence-corrected chi connectivity index (χ2v) is 6.86.